The molecule has 0 unspecified atom stereocenters. The molecule has 0 spiro atoms. The lowest BCUT2D eigenvalue weighted by Crippen LogP contribution is -2.48. The maximum Gasteiger partial charge on any atom is 0.455 e. The van der Waals surface area contributed by atoms with E-state index in [-0.39, 0.29) is 6.61 Å². The topological polar surface area (TPSA) is 128 Å². The Kier molecular flexibility index (Phi) is 11.1. The van der Waals surface area contributed by atoms with Gasteiger partial charge < -0.3 is 27.0 Å². The Morgan fingerprint density at radius 3 is 1.81 bits per heavy atom. The Hall–Kier alpha value is -0.576. The van der Waals surface area contributed by atoms with Gasteiger partial charge in [0.25, 0.3) is 0 Å². The van der Waals surface area contributed by atoms with E-state index in [9.17, 15) is 4.57 Å². The van der Waals surface area contributed by atoms with E-state index in [1.165, 1.54) is 0 Å². The molecule has 0 amide bonds. The van der Waals surface area contributed by atoms with Crippen LogP contribution in [0.3, 0.4) is 0 Å². The van der Waals surface area contributed by atoms with Crippen molar-refractivity contribution in [2.45, 2.75) is 123 Å². The predicted octanol–water partition coefficient (Wildman–Crippen LogP) is 7.24. The summed E-state index contributed by atoms with van der Waals surface area (Å²) in [7, 11) is -14.4. The first-order valence-corrected chi connectivity index (χ1v) is 33.5. The second-order valence-electron chi connectivity index (χ2n) is 16.0. The summed E-state index contributed by atoms with van der Waals surface area (Å²) in [6.07, 6.45) is 1.07. The highest BCUT2D eigenvalue weighted by Gasteiger charge is 2.51. The average molecular weight is 708 g/mol. The summed E-state index contributed by atoms with van der Waals surface area (Å²) in [6, 6.07) is 0. The van der Waals surface area contributed by atoms with Gasteiger partial charge >= 0.3 is 7.82 Å². The van der Waals surface area contributed by atoms with E-state index in [1.807, 2.05) is 43.8 Å². The quantitative estimate of drug-likeness (QED) is 0.158. The third kappa shape index (κ3) is 11.3. The lowest BCUT2D eigenvalue weighted by atomic mass is 10.1. The molecule has 1 saturated heterocycles. The van der Waals surface area contributed by atoms with Gasteiger partial charge in [-0.2, -0.15) is 0 Å². The molecule has 0 radical (unpaired) electrons. The number of hydrogen-bond donors (Lipinski definition) is 1. The van der Waals surface area contributed by atoms with Gasteiger partial charge in [-0.05, 0) is 78.6 Å². The van der Waals surface area contributed by atoms with Gasteiger partial charge in [-0.1, -0.05) is 19.6 Å². The lowest BCUT2D eigenvalue weighted by molar-refractivity contribution is -0.0473. The zero-order valence-electron chi connectivity index (χ0n) is 28.8. The molecule has 1 aliphatic heterocycles. The molecule has 43 heavy (non-hydrogen) atoms. The van der Waals surface area contributed by atoms with Crippen molar-refractivity contribution in [2.75, 3.05) is 11.6 Å². The first-order chi connectivity index (χ1) is 19.2. The van der Waals surface area contributed by atoms with Crippen LogP contribution in [0, 0.1) is 0 Å². The Labute approximate surface area is 263 Å². The number of hydrogen-bond acceptors (Lipinski definition) is 11. The van der Waals surface area contributed by atoms with Crippen LogP contribution in [0.25, 0.3) is 11.2 Å². The van der Waals surface area contributed by atoms with Gasteiger partial charge in [0, 0.05) is 0 Å². The van der Waals surface area contributed by atoms with Crippen LogP contribution in [0.4, 0.5) is 5.82 Å². The van der Waals surface area contributed by atoms with Crippen molar-refractivity contribution in [3.05, 3.63) is 12.7 Å². The van der Waals surface area contributed by atoms with Gasteiger partial charge in [0.15, 0.2) is 45.1 Å². The standard InChI is InChI=1S/C25H54N5O7PSi5/c1-39(2,3)29-23-20-24(27-17-26-23)30(18-28-20)25-22(35-41(7,8)9)21(34-40(4,5)6)19(33-25)16-32-38(31,36-42(10,11)12)37-43(13,14)15/h17-19,21-22,25H,16H2,1-15H3,(H,26,27,29)/t19-,21-,22-,25-/m1/s1. The highest BCUT2D eigenvalue weighted by Crippen LogP contribution is 2.54. The molecular weight excluding hydrogens is 654 g/mol. The lowest BCUT2D eigenvalue weighted by Gasteiger charge is -2.34. The number of nitrogens with one attached hydrogen (secondary N) is 1. The van der Waals surface area contributed by atoms with Gasteiger partial charge in [-0.3, -0.25) is 9.09 Å². The molecule has 0 aliphatic carbocycles. The number of ether oxygens (including phenoxy) is 1. The van der Waals surface area contributed by atoms with Crippen molar-refractivity contribution in [3.8, 4) is 0 Å². The molecule has 2 aromatic rings. The molecule has 1 N–H and O–H groups in total. The SMILES string of the molecule is C[Si](C)(C)Nc1ncnc2c1ncn2[C@@H]1O[C@H](COP(=O)(O[Si](C)(C)C)O[Si](C)(C)C)[C@@H](O[Si](C)(C)C)[C@H]1O[Si](C)(C)C. The van der Waals surface area contributed by atoms with Crippen molar-refractivity contribution in [2.24, 2.45) is 0 Å². The van der Waals surface area contributed by atoms with Crippen molar-refractivity contribution in [1.29, 1.82) is 0 Å². The number of nitrogens with zero attached hydrogens (tertiary/aromatic N) is 4. The molecule has 3 heterocycles. The van der Waals surface area contributed by atoms with Crippen LogP contribution < -0.4 is 4.98 Å². The zero-order chi connectivity index (χ0) is 32.8. The fraction of sp³-hybridized carbons (Fsp3) is 0.800. The summed E-state index contributed by atoms with van der Waals surface area (Å²) in [5.74, 6) is 0.700. The van der Waals surface area contributed by atoms with Gasteiger partial charge in [-0.25, -0.2) is 19.5 Å². The van der Waals surface area contributed by atoms with Crippen molar-refractivity contribution >= 4 is 66.3 Å². The molecule has 246 valence electrons. The van der Waals surface area contributed by atoms with E-state index in [4.69, 9.17) is 31.5 Å². The minimum absolute atomic E-state index is 0.0481. The van der Waals surface area contributed by atoms with E-state index in [1.54, 1.807) is 12.7 Å². The van der Waals surface area contributed by atoms with E-state index in [0.29, 0.717) is 17.0 Å². The zero-order valence-corrected chi connectivity index (χ0v) is 34.7. The summed E-state index contributed by atoms with van der Waals surface area (Å²) < 4.78 is 54.4. The first kappa shape index (κ1) is 36.9. The third-order valence-corrected chi connectivity index (χ3v) is 15.1. The highest BCUT2D eigenvalue weighted by atomic mass is 31.2. The molecule has 18 heteroatoms. The molecule has 1 fully saturated rings. The molecule has 12 nitrogen and oxygen atoms in total. The van der Waals surface area contributed by atoms with Gasteiger partial charge in [-0.15, -0.1) is 0 Å². The van der Waals surface area contributed by atoms with E-state index in [0.717, 1.165) is 0 Å². The number of aromatic nitrogens is 4. The van der Waals surface area contributed by atoms with Crippen molar-refractivity contribution < 1.29 is 31.1 Å². The largest absolute Gasteiger partial charge is 0.455 e. The second-order valence-corrected chi connectivity index (χ2v) is 40.8. The summed E-state index contributed by atoms with van der Waals surface area (Å²) in [6.45, 7) is 31.2. The minimum atomic E-state index is -3.88. The maximum absolute atomic E-state index is 14.0. The van der Waals surface area contributed by atoms with Gasteiger partial charge in [0.2, 0.25) is 0 Å². The molecule has 0 bridgehead atoms. The fourth-order valence-corrected chi connectivity index (χ4v) is 14.2. The minimum Gasteiger partial charge on any atom is -0.409 e. The third-order valence-electron chi connectivity index (χ3n) is 5.56. The smallest absolute Gasteiger partial charge is 0.409 e. The van der Waals surface area contributed by atoms with Crippen molar-refractivity contribution in [3.63, 3.8) is 0 Å². The number of fused-ring (bicyclic) bond motifs is 1. The fourth-order valence-electron chi connectivity index (χ4n) is 4.54. The Balaban J connectivity index is 2.06. The van der Waals surface area contributed by atoms with Gasteiger partial charge in [0.1, 0.15) is 44.2 Å². The second kappa shape index (κ2) is 12.9. The molecular formula is C25H54N5O7PSi5. The predicted molar refractivity (Wildman–Crippen MR) is 185 cm³/mol. The summed E-state index contributed by atoms with van der Waals surface area (Å²) in [4.78, 5) is 17.3. The number of imidazole rings is 1. The van der Waals surface area contributed by atoms with Crippen LogP contribution in [-0.4, -0.2) is 85.9 Å². The molecule has 0 saturated carbocycles. The van der Waals surface area contributed by atoms with Crippen LogP contribution in [0.1, 0.15) is 6.23 Å². The molecule has 3 rings (SSSR count). The Morgan fingerprint density at radius 1 is 0.791 bits per heavy atom. The normalized spacial score (nSPS) is 22.9. The first-order valence-electron chi connectivity index (χ1n) is 14.9. The monoisotopic (exact) mass is 707 g/mol. The molecule has 0 aromatic carbocycles. The van der Waals surface area contributed by atoms with Crippen LogP contribution in [0.15, 0.2) is 12.7 Å². The Morgan fingerprint density at radius 2 is 1.33 bits per heavy atom. The van der Waals surface area contributed by atoms with Crippen LogP contribution >= 0.6 is 7.82 Å². The van der Waals surface area contributed by atoms with E-state index < -0.39 is 73.9 Å². The molecule has 4 atom stereocenters. The highest BCUT2D eigenvalue weighted by molar-refractivity contribution is 7.52. The van der Waals surface area contributed by atoms with Gasteiger partial charge in [0.05, 0.1) is 12.9 Å². The van der Waals surface area contributed by atoms with E-state index in [2.05, 4.69) is 73.9 Å². The molecule has 1 aliphatic rings. The van der Waals surface area contributed by atoms with E-state index >= 15 is 0 Å². The number of anilines is 1. The van der Waals surface area contributed by atoms with Crippen LogP contribution in [0.5, 0.6) is 0 Å². The van der Waals surface area contributed by atoms with Crippen LogP contribution in [0.2, 0.25) is 98.2 Å². The van der Waals surface area contributed by atoms with Crippen LogP contribution in [-0.2, 0) is 31.1 Å². The average Bonchev–Trinajstić information content (AvgIpc) is 3.29. The summed E-state index contributed by atoms with van der Waals surface area (Å²) >= 11 is 0. The summed E-state index contributed by atoms with van der Waals surface area (Å²) in [5, 5.41) is 0. The number of rotatable bonds is 14. The maximum atomic E-state index is 14.0. The molecule has 2 aromatic heterocycles. The Bertz CT molecular complexity index is 1280. The van der Waals surface area contributed by atoms with Crippen molar-refractivity contribution in [1.82, 2.24) is 19.5 Å². The number of phosphoric acid groups is 1. The summed E-state index contributed by atoms with van der Waals surface area (Å²) in [5.41, 5.74) is 1.30.